The van der Waals surface area contributed by atoms with Crippen molar-refractivity contribution in [2.45, 2.75) is 0 Å². The van der Waals surface area contributed by atoms with E-state index < -0.39 is 0 Å². The van der Waals surface area contributed by atoms with Gasteiger partial charge >= 0.3 is 0 Å². The molecular weight excluding hydrogens is 250 g/mol. The van der Waals surface area contributed by atoms with Gasteiger partial charge < -0.3 is 15.4 Å². The number of rotatable bonds is 2. The van der Waals surface area contributed by atoms with Crippen molar-refractivity contribution >= 4 is 16.3 Å². The minimum Gasteiger partial charge on any atom is -0.508 e. The van der Waals surface area contributed by atoms with Crippen molar-refractivity contribution < 1.29 is 9.63 Å². The average molecular weight is 259 g/mol. The Morgan fingerprint density at radius 1 is 1.28 bits per heavy atom. The molecule has 0 radical (unpaired) electrons. The van der Waals surface area contributed by atoms with Crippen LogP contribution in [0.5, 0.6) is 5.75 Å². The Labute approximate surface area is 107 Å². The number of nitrogen functional groups attached to an aromatic ring is 1. The van der Waals surface area contributed by atoms with Gasteiger partial charge in [0.2, 0.25) is 5.82 Å². The van der Waals surface area contributed by atoms with Crippen molar-refractivity contribution in [3.8, 4) is 28.6 Å². The molecule has 1 aromatic carbocycles. The number of aromatic hydroxyl groups is 1. The van der Waals surface area contributed by atoms with E-state index in [0.717, 1.165) is 5.56 Å². The molecule has 2 aromatic heterocycles. The summed E-state index contributed by atoms with van der Waals surface area (Å²) in [6.07, 6.45) is 0. The Morgan fingerprint density at radius 3 is 2.89 bits per heavy atom. The van der Waals surface area contributed by atoms with Crippen LogP contribution in [0.25, 0.3) is 22.8 Å². The molecule has 0 aliphatic carbocycles. The molecule has 0 aliphatic rings. The lowest BCUT2D eigenvalue weighted by molar-refractivity contribution is 0.432. The molecule has 0 amide bonds. The quantitative estimate of drug-likeness (QED) is 0.739. The fraction of sp³-hybridized carbons (Fsp3) is 0. The monoisotopic (exact) mass is 259 g/mol. The van der Waals surface area contributed by atoms with Crippen LogP contribution in [0.1, 0.15) is 0 Å². The molecule has 6 heteroatoms. The normalized spacial score (nSPS) is 10.7. The van der Waals surface area contributed by atoms with Gasteiger partial charge in [-0.15, -0.1) is 11.3 Å². The SMILES string of the molecule is Nc1sccc1-c1nc(-c2cccc(O)c2)no1. The van der Waals surface area contributed by atoms with Gasteiger partial charge in [0.15, 0.2) is 0 Å². The number of benzene rings is 1. The van der Waals surface area contributed by atoms with Crippen LogP contribution in [0, 0.1) is 0 Å². The van der Waals surface area contributed by atoms with Crippen molar-refractivity contribution in [2.75, 3.05) is 5.73 Å². The number of nitrogens with zero attached hydrogens (tertiary/aromatic N) is 2. The Balaban J connectivity index is 2.02. The molecule has 0 aliphatic heterocycles. The number of hydrogen-bond acceptors (Lipinski definition) is 6. The van der Waals surface area contributed by atoms with Gasteiger partial charge in [-0.3, -0.25) is 0 Å². The van der Waals surface area contributed by atoms with Crippen LogP contribution < -0.4 is 5.73 Å². The highest BCUT2D eigenvalue weighted by atomic mass is 32.1. The van der Waals surface area contributed by atoms with Gasteiger partial charge in [-0.25, -0.2) is 0 Å². The first-order valence-corrected chi connectivity index (χ1v) is 6.08. The van der Waals surface area contributed by atoms with Crippen LogP contribution in [-0.4, -0.2) is 15.2 Å². The van der Waals surface area contributed by atoms with E-state index in [1.165, 1.54) is 11.3 Å². The molecule has 18 heavy (non-hydrogen) atoms. The summed E-state index contributed by atoms with van der Waals surface area (Å²) in [5, 5.41) is 15.8. The molecule has 90 valence electrons. The second kappa shape index (κ2) is 4.15. The number of hydrogen-bond donors (Lipinski definition) is 2. The zero-order valence-corrected chi connectivity index (χ0v) is 10.0. The fourth-order valence-corrected chi connectivity index (χ4v) is 2.23. The van der Waals surface area contributed by atoms with E-state index >= 15 is 0 Å². The molecule has 2 heterocycles. The molecule has 0 unspecified atom stereocenters. The van der Waals surface area contributed by atoms with Crippen LogP contribution in [0.2, 0.25) is 0 Å². The second-order valence-electron chi connectivity index (χ2n) is 3.67. The minimum atomic E-state index is 0.161. The summed E-state index contributed by atoms with van der Waals surface area (Å²) in [5.41, 5.74) is 7.22. The van der Waals surface area contributed by atoms with Crippen LogP contribution in [0.3, 0.4) is 0 Å². The molecule has 0 saturated heterocycles. The predicted octanol–water partition coefficient (Wildman–Crippen LogP) is 2.75. The van der Waals surface area contributed by atoms with Gasteiger partial charge in [0, 0.05) is 5.56 Å². The van der Waals surface area contributed by atoms with Crippen molar-refractivity contribution in [2.24, 2.45) is 0 Å². The average Bonchev–Trinajstić information content (AvgIpc) is 2.97. The van der Waals surface area contributed by atoms with Gasteiger partial charge in [0.1, 0.15) is 5.75 Å². The number of aromatic nitrogens is 2. The van der Waals surface area contributed by atoms with Crippen molar-refractivity contribution in [1.82, 2.24) is 10.1 Å². The number of thiophene rings is 1. The summed E-state index contributed by atoms with van der Waals surface area (Å²) in [7, 11) is 0. The van der Waals surface area contributed by atoms with E-state index in [-0.39, 0.29) is 5.75 Å². The molecule has 3 N–H and O–H groups in total. The van der Waals surface area contributed by atoms with Crippen LogP contribution in [0.4, 0.5) is 5.00 Å². The second-order valence-corrected chi connectivity index (χ2v) is 4.62. The number of anilines is 1. The highest BCUT2D eigenvalue weighted by Crippen LogP contribution is 2.30. The van der Waals surface area contributed by atoms with E-state index in [4.69, 9.17) is 10.3 Å². The summed E-state index contributed by atoms with van der Waals surface area (Å²) in [4.78, 5) is 4.26. The maximum absolute atomic E-state index is 9.40. The lowest BCUT2D eigenvalue weighted by Gasteiger charge is -1.94. The maximum Gasteiger partial charge on any atom is 0.261 e. The molecule has 0 atom stereocenters. The largest absolute Gasteiger partial charge is 0.508 e. The number of phenolic OH excluding ortho intramolecular Hbond substituents is 1. The van der Waals surface area contributed by atoms with Gasteiger partial charge in [-0.2, -0.15) is 4.98 Å². The van der Waals surface area contributed by atoms with Gasteiger partial charge in [0.05, 0.1) is 10.6 Å². The Kier molecular flexibility index (Phi) is 2.49. The highest BCUT2D eigenvalue weighted by molar-refractivity contribution is 7.14. The van der Waals surface area contributed by atoms with E-state index in [2.05, 4.69) is 10.1 Å². The Morgan fingerprint density at radius 2 is 2.17 bits per heavy atom. The third kappa shape index (κ3) is 1.82. The Bertz CT molecular complexity index is 690. The van der Waals surface area contributed by atoms with E-state index in [0.29, 0.717) is 22.3 Å². The third-order valence-corrected chi connectivity index (χ3v) is 3.20. The molecule has 0 spiro atoms. The molecule has 0 bridgehead atoms. The summed E-state index contributed by atoms with van der Waals surface area (Å²) in [6.45, 7) is 0. The number of phenols is 1. The summed E-state index contributed by atoms with van der Waals surface area (Å²) in [5.74, 6) is 0.965. The van der Waals surface area contributed by atoms with E-state index in [1.807, 2.05) is 11.4 Å². The van der Waals surface area contributed by atoms with E-state index in [9.17, 15) is 5.11 Å². The fourth-order valence-electron chi connectivity index (χ4n) is 1.59. The molecule has 3 rings (SSSR count). The summed E-state index contributed by atoms with van der Waals surface area (Å²) in [6, 6.07) is 8.51. The lowest BCUT2D eigenvalue weighted by atomic mass is 10.2. The highest BCUT2D eigenvalue weighted by Gasteiger charge is 2.13. The predicted molar refractivity (Wildman–Crippen MR) is 69.1 cm³/mol. The van der Waals surface area contributed by atoms with Gasteiger partial charge in [0.25, 0.3) is 5.89 Å². The molecule has 5 nitrogen and oxygen atoms in total. The first-order chi connectivity index (χ1) is 8.74. The van der Waals surface area contributed by atoms with Crippen LogP contribution in [-0.2, 0) is 0 Å². The maximum atomic E-state index is 9.40. The third-order valence-electron chi connectivity index (χ3n) is 2.46. The molecule has 0 saturated carbocycles. The van der Waals surface area contributed by atoms with Crippen LogP contribution >= 0.6 is 11.3 Å². The smallest absolute Gasteiger partial charge is 0.261 e. The van der Waals surface area contributed by atoms with Crippen molar-refractivity contribution in [1.29, 1.82) is 0 Å². The lowest BCUT2D eigenvalue weighted by Crippen LogP contribution is -1.84. The van der Waals surface area contributed by atoms with Crippen LogP contribution in [0.15, 0.2) is 40.2 Å². The van der Waals surface area contributed by atoms with Crippen molar-refractivity contribution in [3.05, 3.63) is 35.7 Å². The van der Waals surface area contributed by atoms with Gasteiger partial charge in [-0.05, 0) is 23.6 Å². The number of nitrogens with two attached hydrogens (primary N) is 1. The molecule has 3 aromatic rings. The summed E-state index contributed by atoms with van der Waals surface area (Å²) >= 11 is 1.42. The first-order valence-electron chi connectivity index (χ1n) is 5.20. The van der Waals surface area contributed by atoms with Gasteiger partial charge in [-0.1, -0.05) is 17.3 Å². The van der Waals surface area contributed by atoms with E-state index in [1.54, 1.807) is 24.3 Å². The zero-order chi connectivity index (χ0) is 12.5. The molecule has 0 fully saturated rings. The molecular formula is C12H9N3O2S. The first kappa shape index (κ1) is 10.8. The van der Waals surface area contributed by atoms with Crippen molar-refractivity contribution in [3.63, 3.8) is 0 Å². The zero-order valence-electron chi connectivity index (χ0n) is 9.20. The minimum absolute atomic E-state index is 0.161. The standard InChI is InChI=1S/C12H9N3O2S/c13-10-9(4-5-18-10)12-14-11(15-17-12)7-2-1-3-8(16)6-7/h1-6,16H,13H2. The topological polar surface area (TPSA) is 85.2 Å². The summed E-state index contributed by atoms with van der Waals surface area (Å²) < 4.78 is 5.17. The Hall–Kier alpha value is -2.34.